The van der Waals surface area contributed by atoms with E-state index in [0.717, 1.165) is 38.5 Å². The smallest absolute Gasteiger partial charge is 0.309 e. The first-order valence-electron chi connectivity index (χ1n) is 9.73. The summed E-state index contributed by atoms with van der Waals surface area (Å²) in [6, 6.07) is 0. The van der Waals surface area contributed by atoms with Gasteiger partial charge in [0.1, 0.15) is 0 Å². The highest BCUT2D eigenvalue weighted by Crippen LogP contribution is 2.25. The second-order valence-electron chi connectivity index (χ2n) is 8.71. The lowest BCUT2D eigenvalue weighted by molar-refractivity contribution is -0.148. The second-order valence-corrected chi connectivity index (χ2v) is 8.71. The number of aliphatic hydroxyl groups excluding tert-OH is 2. The predicted molar refractivity (Wildman–Crippen MR) is 101 cm³/mol. The highest BCUT2D eigenvalue weighted by molar-refractivity contribution is 5.73. The summed E-state index contributed by atoms with van der Waals surface area (Å²) in [6.07, 6.45) is 5.53. The molecule has 0 heterocycles. The summed E-state index contributed by atoms with van der Waals surface area (Å²) < 4.78 is 0. The summed E-state index contributed by atoms with van der Waals surface area (Å²) in [5.41, 5.74) is -1.43. The van der Waals surface area contributed by atoms with E-state index in [2.05, 4.69) is 0 Å². The van der Waals surface area contributed by atoms with Crippen molar-refractivity contribution in [3.63, 3.8) is 0 Å². The van der Waals surface area contributed by atoms with Gasteiger partial charge in [-0.2, -0.15) is 0 Å². The molecule has 6 nitrogen and oxygen atoms in total. The maximum atomic E-state index is 11.0. The molecule has 2 atom stereocenters. The Kier molecular flexibility index (Phi) is 11.0. The number of carboxylic acid groups (broad SMARTS) is 2. The fourth-order valence-electron chi connectivity index (χ4n) is 2.79. The lowest BCUT2D eigenvalue weighted by atomic mass is 9.86. The number of carboxylic acids is 2. The SMILES string of the molecule is CC(C)(CCCCC[C@@H](O)[C@H](O)CCCCCC(C)(C)C(=O)O)C(=O)O. The van der Waals surface area contributed by atoms with Crippen molar-refractivity contribution in [3.05, 3.63) is 0 Å². The highest BCUT2D eigenvalue weighted by atomic mass is 16.4. The summed E-state index contributed by atoms with van der Waals surface area (Å²) in [4.78, 5) is 22.0. The summed E-state index contributed by atoms with van der Waals surface area (Å²) in [6.45, 7) is 6.86. The molecule has 0 fully saturated rings. The average Bonchev–Trinajstić information content (AvgIpc) is 2.53. The topological polar surface area (TPSA) is 115 Å². The van der Waals surface area contributed by atoms with Crippen molar-refractivity contribution in [1.82, 2.24) is 0 Å². The summed E-state index contributed by atoms with van der Waals surface area (Å²) in [7, 11) is 0. The van der Waals surface area contributed by atoms with Crippen LogP contribution in [0.3, 0.4) is 0 Å². The van der Waals surface area contributed by atoms with Crippen molar-refractivity contribution >= 4 is 11.9 Å². The van der Waals surface area contributed by atoms with Crippen LogP contribution in [0.5, 0.6) is 0 Å². The van der Waals surface area contributed by atoms with Gasteiger partial charge >= 0.3 is 11.9 Å². The Hall–Kier alpha value is -1.14. The van der Waals surface area contributed by atoms with Crippen molar-refractivity contribution in [3.8, 4) is 0 Å². The summed E-state index contributed by atoms with van der Waals surface area (Å²) in [5, 5.41) is 38.1. The van der Waals surface area contributed by atoms with Gasteiger partial charge in [0.15, 0.2) is 0 Å². The van der Waals surface area contributed by atoms with E-state index in [4.69, 9.17) is 10.2 Å². The minimum atomic E-state index is -0.792. The minimum Gasteiger partial charge on any atom is -0.481 e. The van der Waals surface area contributed by atoms with Crippen molar-refractivity contribution < 1.29 is 30.0 Å². The number of carbonyl (C=O) groups is 2. The molecule has 0 spiro atoms. The molecule has 0 aliphatic rings. The Morgan fingerprint density at radius 1 is 0.654 bits per heavy atom. The molecule has 0 radical (unpaired) electrons. The Bertz CT molecular complexity index is 390. The van der Waals surface area contributed by atoms with Crippen LogP contribution < -0.4 is 0 Å². The van der Waals surface area contributed by atoms with Crippen LogP contribution in [-0.2, 0) is 9.59 Å². The molecule has 0 aliphatic carbocycles. The molecule has 0 aromatic rings. The van der Waals surface area contributed by atoms with Gasteiger partial charge in [0, 0.05) is 0 Å². The summed E-state index contributed by atoms with van der Waals surface area (Å²) >= 11 is 0. The van der Waals surface area contributed by atoms with E-state index in [-0.39, 0.29) is 0 Å². The largest absolute Gasteiger partial charge is 0.481 e. The Balaban J connectivity index is 3.79. The Labute approximate surface area is 157 Å². The minimum absolute atomic E-state index is 0.515. The van der Waals surface area contributed by atoms with Crippen molar-refractivity contribution in [1.29, 1.82) is 0 Å². The van der Waals surface area contributed by atoms with Gasteiger partial charge in [-0.05, 0) is 53.4 Å². The van der Waals surface area contributed by atoms with Crippen molar-refractivity contribution in [2.75, 3.05) is 0 Å². The second kappa shape index (κ2) is 11.5. The molecule has 154 valence electrons. The van der Waals surface area contributed by atoms with E-state index in [1.807, 2.05) is 0 Å². The first kappa shape index (κ1) is 24.9. The molecule has 26 heavy (non-hydrogen) atoms. The molecule has 0 aliphatic heterocycles. The molecular weight excluding hydrogens is 336 g/mol. The molecule has 0 amide bonds. The fourth-order valence-corrected chi connectivity index (χ4v) is 2.79. The van der Waals surface area contributed by atoms with E-state index in [1.54, 1.807) is 27.7 Å². The van der Waals surface area contributed by atoms with Gasteiger partial charge in [0.05, 0.1) is 23.0 Å². The van der Waals surface area contributed by atoms with E-state index < -0.39 is 35.0 Å². The monoisotopic (exact) mass is 374 g/mol. The van der Waals surface area contributed by atoms with Crippen molar-refractivity contribution in [2.24, 2.45) is 10.8 Å². The normalized spacial score (nSPS) is 14.8. The highest BCUT2D eigenvalue weighted by Gasteiger charge is 2.27. The van der Waals surface area contributed by atoms with E-state index in [1.165, 1.54) is 0 Å². The number of rotatable bonds is 15. The Morgan fingerprint density at radius 2 is 0.962 bits per heavy atom. The maximum Gasteiger partial charge on any atom is 0.309 e. The van der Waals surface area contributed by atoms with Crippen LogP contribution in [0.2, 0.25) is 0 Å². The average molecular weight is 375 g/mol. The quantitative estimate of drug-likeness (QED) is 0.324. The van der Waals surface area contributed by atoms with Crippen LogP contribution in [0, 0.1) is 10.8 Å². The number of hydrogen-bond donors (Lipinski definition) is 4. The van der Waals surface area contributed by atoms with Crippen LogP contribution in [0.4, 0.5) is 0 Å². The molecule has 0 aromatic carbocycles. The molecule has 4 N–H and O–H groups in total. The zero-order valence-corrected chi connectivity index (χ0v) is 16.8. The first-order chi connectivity index (χ1) is 11.9. The molecule has 0 rings (SSSR count). The van der Waals surface area contributed by atoms with Crippen LogP contribution in [-0.4, -0.2) is 44.6 Å². The molecule has 0 unspecified atom stereocenters. The van der Waals surface area contributed by atoms with Gasteiger partial charge in [-0.3, -0.25) is 9.59 Å². The van der Waals surface area contributed by atoms with Crippen molar-refractivity contribution in [2.45, 2.75) is 104 Å². The maximum absolute atomic E-state index is 11.0. The van der Waals surface area contributed by atoms with Gasteiger partial charge in [0.2, 0.25) is 0 Å². The van der Waals surface area contributed by atoms with Crippen LogP contribution in [0.1, 0.15) is 91.9 Å². The standard InChI is InChI=1S/C20H38O6/c1-19(2,17(23)24)13-9-5-7-11-15(21)16(22)12-8-6-10-14-20(3,4)18(25)26/h15-16,21-22H,5-14H2,1-4H3,(H,23,24)(H,25,26)/t15-,16-/m1/s1. The molecule has 6 heteroatoms. The lowest BCUT2D eigenvalue weighted by Gasteiger charge is -2.20. The third kappa shape index (κ3) is 10.1. The molecule has 0 saturated heterocycles. The number of unbranched alkanes of at least 4 members (excludes halogenated alkanes) is 4. The molecule has 0 saturated carbocycles. The lowest BCUT2D eigenvalue weighted by Crippen LogP contribution is -2.26. The summed E-state index contributed by atoms with van der Waals surface area (Å²) in [5.74, 6) is -1.58. The number of aliphatic carboxylic acids is 2. The molecule has 0 aromatic heterocycles. The fraction of sp³-hybridized carbons (Fsp3) is 0.900. The third-order valence-corrected chi connectivity index (χ3v) is 5.21. The predicted octanol–water partition coefficient (Wildman–Crippen LogP) is 3.83. The van der Waals surface area contributed by atoms with Crippen LogP contribution in [0.25, 0.3) is 0 Å². The van der Waals surface area contributed by atoms with Gasteiger partial charge < -0.3 is 20.4 Å². The van der Waals surface area contributed by atoms with Gasteiger partial charge in [-0.1, -0.05) is 38.5 Å². The van der Waals surface area contributed by atoms with Crippen LogP contribution in [0.15, 0.2) is 0 Å². The van der Waals surface area contributed by atoms with Crippen LogP contribution >= 0.6 is 0 Å². The third-order valence-electron chi connectivity index (χ3n) is 5.21. The molecular formula is C20H38O6. The molecule has 0 bridgehead atoms. The van der Waals surface area contributed by atoms with E-state index in [0.29, 0.717) is 25.7 Å². The van der Waals surface area contributed by atoms with E-state index >= 15 is 0 Å². The van der Waals surface area contributed by atoms with Gasteiger partial charge in [-0.25, -0.2) is 0 Å². The first-order valence-corrected chi connectivity index (χ1v) is 9.73. The number of aliphatic hydroxyl groups is 2. The van der Waals surface area contributed by atoms with E-state index in [9.17, 15) is 19.8 Å². The van der Waals surface area contributed by atoms with Gasteiger partial charge in [-0.15, -0.1) is 0 Å². The van der Waals surface area contributed by atoms with Gasteiger partial charge in [0.25, 0.3) is 0 Å². The zero-order valence-electron chi connectivity index (χ0n) is 16.8. The number of hydrogen-bond acceptors (Lipinski definition) is 4. The zero-order chi connectivity index (χ0) is 20.4. The Morgan fingerprint density at radius 3 is 1.23 bits per heavy atom.